The van der Waals surface area contributed by atoms with Gasteiger partial charge < -0.3 is 14.5 Å². The molecule has 0 fully saturated rings. The van der Waals surface area contributed by atoms with Gasteiger partial charge in [0.2, 0.25) is 5.76 Å². The minimum Gasteiger partial charge on any atom is -0.463 e. The van der Waals surface area contributed by atoms with E-state index in [0.29, 0.717) is 6.54 Å². The Hall–Kier alpha value is -2.23. The van der Waals surface area contributed by atoms with Crippen LogP contribution >= 0.6 is 0 Å². The summed E-state index contributed by atoms with van der Waals surface area (Å²) in [6, 6.07) is 8.25. The molecule has 1 heterocycles. The number of ether oxygens (including phenoxy) is 1. The number of carbonyl (C=O) groups excluding carboxylic acids is 1. The highest BCUT2D eigenvalue weighted by molar-refractivity contribution is 5.87. The van der Waals surface area contributed by atoms with E-state index in [1.54, 1.807) is 6.07 Å². The summed E-state index contributed by atoms with van der Waals surface area (Å²) in [5.74, 6) is -0.179. The minimum atomic E-state index is -0.444. The molecule has 0 amide bonds. The number of furan rings is 1. The summed E-state index contributed by atoms with van der Waals surface area (Å²) in [6.07, 6.45) is 5.09. The van der Waals surface area contributed by atoms with Crippen molar-refractivity contribution in [2.45, 2.75) is 25.8 Å². The van der Waals surface area contributed by atoms with Gasteiger partial charge in [0.25, 0.3) is 0 Å². The number of benzene rings is 1. The quantitative estimate of drug-likeness (QED) is 0.868. The average molecular weight is 271 g/mol. The predicted octanol–water partition coefficient (Wildman–Crippen LogP) is 3.17. The van der Waals surface area contributed by atoms with Crippen LogP contribution in [0.1, 0.15) is 33.7 Å². The Morgan fingerprint density at radius 2 is 2.15 bits per heavy atom. The zero-order chi connectivity index (χ0) is 13.9. The Morgan fingerprint density at radius 3 is 3.00 bits per heavy atom. The molecule has 1 aliphatic rings. The molecule has 3 rings (SSSR count). The van der Waals surface area contributed by atoms with E-state index >= 15 is 0 Å². The molecule has 1 aromatic carbocycles. The van der Waals surface area contributed by atoms with Gasteiger partial charge in [-0.25, -0.2) is 4.79 Å². The van der Waals surface area contributed by atoms with Gasteiger partial charge >= 0.3 is 5.97 Å². The Labute approximate surface area is 117 Å². The number of rotatable bonds is 4. The topological polar surface area (TPSA) is 51.5 Å². The molecule has 0 unspecified atom stereocenters. The van der Waals surface area contributed by atoms with Crippen molar-refractivity contribution in [2.24, 2.45) is 0 Å². The van der Waals surface area contributed by atoms with Crippen LogP contribution in [0.5, 0.6) is 0 Å². The van der Waals surface area contributed by atoms with E-state index in [1.165, 1.54) is 37.3 Å². The van der Waals surface area contributed by atoms with Crippen LogP contribution in [-0.4, -0.2) is 13.1 Å². The summed E-state index contributed by atoms with van der Waals surface area (Å²) in [5, 5.41) is 3.33. The van der Waals surface area contributed by atoms with E-state index < -0.39 is 5.97 Å². The number of nitrogens with one attached hydrogen (secondary N) is 1. The summed E-state index contributed by atoms with van der Waals surface area (Å²) in [4.78, 5) is 11.5. The molecular formula is C16H17NO3. The average Bonchev–Trinajstić information content (AvgIpc) is 3.12. The van der Waals surface area contributed by atoms with Crippen LogP contribution in [0.4, 0.5) is 5.69 Å². The maximum atomic E-state index is 11.5. The highest BCUT2D eigenvalue weighted by Crippen LogP contribution is 2.25. The number of hydrogen-bond acceptors (Lipinski definition) is 4. The molecule has 0 saturated carbocycles. The van der Waals surface area contributed by atoms with E-state index in [4.69, 9.17) is 4.42 Å². The second-order valence-corrected chi connectivity index (χ2v) is 4.96. The summed E-state index contributed by atoms with van der Waals surface area (Å²) in [6.45, 7) is 0.541. The van der Waals surface area contributed by atoms with Crippen molar-refractivity contribution in [3.05, 3.63) is 53.0 Å². The third-order valence-corrected chi connectivity index (χ3v) is 3.70. The van der Waals surface area contributed by atoms with Crippen LogP contribution in [0.15, 0.2) is 34.9 Å². The molecule has 1 aliphatic carbocycles. The number of carbonyl (C=O) groups is 1. The van der Waals surface area contributed by atoms with Gasteiger partial charge in [-0.15, -0.1) is 0 Å². The Kier molecular flexibility index (Phi) is 3.46. The predicted molar refractivity (Wildman–Crippen MR) is 75.8 cm³/mol. The fraction of sp³-hybridized carbons (Fsp3) is 0.312. The molecule has 0 atom stereocenters. The number of esters is 1. The third kappa shape index (κ3) is 2.41. The maximum Gasteiger partial charge on any atom is 0.374 e. The Balaban J connectivity index is 1.71. The van der Waals surface area contributed by atoms with Crippen LogP contribution in [0.25, 0.3) is 0 Å². The Bertz CT molecular complexity index is 630. The van der Waals surface area contributed by atoms with Crippen LogP contribution in [0.3, 0.4) is 0 Å². The molecule has 20 heavy (non-hydrogen) atoms. The molecule has 0 aliphatic heterocycles. The Morgan fingerprint density at radius 1 is 1.30 bits per heavy atom. The molecule has 1 N–H and O–H groups in total. The van der Waals surface area contributed by atoms with Gasteiger partial charge in [-0.05, 0) is 48.6 Å². The van der Waals surface area contributed by atoms with Crippen molar-refractivity contribution in [3.8, 4) is 0 Å². The summed E-state index contributed by atoms with van der Waals surface area (Å²) in [7, 11) is 1.35. The summed E-state index contributed by atoms with van der Waals surface area (Å²) in [5.41, 5.74) is 4.75. The lowest BCUT2D eigenvalue weighted by molar-refractivity contribution is 0.0563. The second kappa shape index (κ2) is 5.41. The number of aryl methyl sites for hydroxylation is 2. The van der Waals surface area contributed by atoms with Gasteiger partial charge in [-0.2, -0.15) is 0 Å². The maximum absolute atomic E-state index is 11.5. The lowest BCUT2D eigenvalue weighted by Gasteiger charge is -2.08. The normalized spacial score (nSPS) is 13.1. The first-order chi connectivity index (χ1) is 9.78. The van der Waals surface area contributed by atoms with Gasteiger partial charge in [0.05, 0.1) is 13.4 Å². The van der Waals surface area contributed by atoms with Gasteiger partial charge in [-0.3, -0.25) is 0 Å². The van der Waals surface area contributed by atoms with Gasteiger partial charge in [0.1, 0.15) is 0 Å². The van der Waals surface area contributed by atoms with E-state index in [2.05, 4.69) is 28.3 Å². The molecule has 2 aromatic rings. The molecule has 0 saturated heterocycles. The molecule has 104 valence electrons. The van der Waals surface area contributed by atoms with E-state index in [0.717, 1.165) is 17.7 Å². The highest BCUT2D eigenvalue weighted by Gasteiger charge is 2.16. The first kappa shape index (κ1) is 12.8. The first-order valence-electron chi connectivity index (χ1n) is 6.78. The van der Waals surface area contributed by atoms with Gasteiger partial charge in [0.15, 0.2) is 0 Å². The fourth-order valence-corrected chi connectivity index (χ4v) is 2.63. The zero-order valence-electron chi connectivity index (χ0n) is 11.4. The van der Waals surface area contributed by atoms with Crippen LogP contribution in [-0.2, 0) is 24.1 Å². The van der Waals surface area contributed by atoms with E-state index in [9.17, 15) is 4.79 Å². The first-order valence-corrected chi connectivity index (χ1v) is 6.78. The van der Waals surface area contributed by atoms with Gasteiger partial charge in [0, 0.05) is 17.8 Å². The number of fused-ring (bicyclic) bond motifs is 1. The molecule has 4 heteroatoms. The lowest BCUT2D eigenvalue weighted by atomic mass is 10.1. The van der Waals surface area contributed by atoms with Crippen molar-refractivity contribution in [3.63, 3.8) is 0 Å². The van der Waals surface area contributed by atoms with E-state index in [1.807, 2.05) is 0 Å². The monoisotopic (exact) mass is 271 g/mol. The molecule has 4 nitrogen and oxygen atoms in total. The summed E-state index contributed by atoms with van der Waals surface area (Å²) >= 11 is 0. The molecular weight excluding hydrogens is 254 g/mol. The third-order valence-electron chi connectivity index (χ3n) is 3.70. The van der Waals surface area contributed by atoms with Crippen molar-refractivity contribution in [1.82, 2.24) is 0 Å². The molecule has 0 spiro atoms. The number of methoxy groups -OCH3 is 1. The minimum absolute atomic E-state index is 0.265. The molecule has 0 radical (unpaired) electrons. The second-order valence-electron chi connectivity index (χ2n) is 4.96. The fourth-order valence-electron chi connectivity index (χ4n) is 2.63. The van der Waals surface area contributed by atoms with Crippen molar-refractivity contribution in [1.29, 1.82) is 0 Å². The smallest absolute Gasteiger partial charge is 0.374 e. The lowest BCUT2D eigenvalue weighted by Crippen LogP contribution is -2.07. The number of hydrogen-bond donors (Lipinski definition) is 1. The standard InChI is InChI=1S/C16H17NO3/c1-19-16(18)15-13(7-8-20-15)10-17-14-6-5-11-3-2-4-12(11)9-14/h5-9,17H,2-4,10H2,1H3. The SMILES string of the molecule is COC(=O)c1occc1CNc1ccc2c(c1)CCC2. The van der Waals surface area contributed by atoms with Crippen LogP contribution < -0.4 is 5.32 Å². The van der Waals surface area contributed by atoms with Crippen molar-refractivity contribution >= 4 is 11.7 Å². The zero-order valence-corrected chi connectivity index (χ0v) is 11.4. The summed E-state index contributed by atoms with van der Waals surface area (Å²) < 4.78 is 9.85. The van der Waals surface area contributed by atoms with Crippen molar-refractivity contribution in [2.75, 3.05) is 12.4 Å². The van der Waals surface area contributed by atoms with Crippen LogP contribution in [0, 0.1) is 0 Å². The van der Waals surface area contributed by atoms with Gasteiger partial charge in [-0.1, -0.05) is 6.07 Å². The largest absolute Gasteiger partial charge is 0.463 e. The van der Waals surface area contributed by atoms with Crippen LogP contribution in [0.2, 0.25) is 0 Å². The van der Waals surface area contributed by atoms with Crippen molar-refractivity contribution < 1.29 is 13.9 Å². The van der Waals surface area contributed by atoms with E-state index in [-0.39, 0.29) is 5.76 Å². The molecule has 0 bridgehead atoms. The highest BCUT2D eigenvalue weighted by atomic mass is 16.5. The number of anilines is 1. The molecule has 1 aromatic heterocycles.